The lowest BCUT2D eigenvalue weighted by Crippen LogP contribution is -2.35. The lowest BCUT2D eigenvalue weighted by atomic mass is 9.83. The summed E-state index contributed by atoms with van der Waals surface area (Å²) in [5.41, 5.74) is 0.956. The van der Waals surface area contributed by atoms with Crippen LogP contribution in [0.1, 0.15) is 25.1 Å². The van der Waals surface area contributed by atoms with Gasteiger partial charge in [-0.05, 0) is 32.4 Å². The third-order valence-electron chi connectivity index (χ3n) is 3.06. The predicted molar refractivity (Wildman–Crippen MR) is 76.4 cm³/mol. The first-order chi connectivity index (χ1) is 8.91. The number of carbonyl (C=O) groups is 1. The van der Waals surface area contributed by atoms with Crippen LogP contribution >= 0.6 is 11.6 Å². The fraction of sp³-hybridized carbons (Fsp3) is 0.286. The van der Waals surface area contributed by atoms with Crippen molar-refractivity contribution in [2.24, 2.45) is 0 Å². The van der Waals surface area contributed by atoms with Gasteiger partial charge in [0.05, 0.1) is 5.41 Å². The summed E-state index contributed by atoms with van der Waals surface area (Å²) in [4.78, 5) is 12.4. The predicted octanol–water partition coefficient (Wildman–Crippen LogP) is 3.29. The third-order valence-corrected chi connectivity index (χ3v) is 3.39. The van der Waals surface area contributed by atoms with Crippen molar-refractivity contribution in [2.75, 3.05) is 5.32 Å². The molecule has 1 amide bonds. The van der Waals surface area contributed by atoms with E-state index in [1.165, 1.54) is 0 Å². The average Bonchev–Trinajstić information content (AvgIpc) is 2.75. The molecule has 19 heavy (non-hydrogen) atoms. The molecule has 0 saturated heterocycles. The monoisotopic (exact) mass is 277 g/mol. The summed E-state index contributed by atoms with van der Waals surface area (Å²) in [5, 5.41) is 10.2. The Morgan fingerprint density at radius 3 is 2.63 bits per heavy atom. The normalized spacial score (nSPS) is 11.4. The molecule has 0 saturated carbocycles. The molecule has 1 aromatic heterocycles. The van der Waals surface area contributed by atoms with Gasteiger partial charge in [-0.1, -0.05) is 29.8 Å². The van der Waals surface area contributed by atoms with E-state index in [0.717, 1.165) is 11.3 Å². The molecular formula is C14H16ClN3O. The number of aromatic nitrogens is 2. The molecule has 0 atom stereocenters. The van der Waals surface area contributed by atoms with Crippen LogP contribution in [0.4, 0.5) is 5.82 Å². The summed E-state index contributed by atoms with van der Waals surface area (Å²) in [7, 11) is 0. The van der Waals surface area contributed by atoms with Crippen molar-refractivity contribution in [2.45, 2.75) is 26.2 Å². The van der Waals surface area contributed by atoms with Crippen LogP contribution in [0.2, 0.25) is 5.02 Å². The van der Waals surface area contributed by atoms with Gasteiger partial charge in [0.1, 0.15) is 0 Å². The Bertz CT molecular complexity index is 604. The van der Waals surface area contributed by atoms with Crippen LogP contribution in [0.15, 0.2) is 30.3 Å². The van der Waals surface area contributed by atoms with Crippen LogP contribution in [-0.4, -0.2) is 16.1 Å². The number of nitrogens with zero attached hydrogens (tertiary/aromatic N) is 1. The number of halogens is 1. The number of hydrogen-bond acceptors (Lipinski definition) is 2. The van der Waals surface area contributed by atoms with Gasteiger partial charge in [-0.15, -0.1) is 0 Å². The van der Waals surface area contributed by atoms with Gasteiger partial charge in [0.25, 0.3) is 0 Å². The molecule has 1 aromatic carbocycles. The van der Waals surface area contributed by atoms with Gasteiger partial charge in [-0.3, -0.25) is 9.89 Å². The van der Waals surface area contributed by atoms with E-state index >= 15 is 0 Å². The van der Waals surface area contributed by atoms with Crippen molar-refractivity contribution in [1.82, 2.24) is 10.2 Å². The summed E-state index contributed by atoms with van der Waals surface area (Å²) in [6.07, 6.45) is 0. The summed E-state index contributed by atoms with van der Waals surface area (Å²) < 4.78 is 0. The van der Waals surface area contributed by atoms with Gasteiger partial charge < -0.3 is 5.32 Å². The highest BCUT2D eigenvalue weighted by Gasteiger charge is 2.32. The van der Waals surface area contributed by atoms with Crippen LogP contribution in [-0.2, 0) is 10.2 Å². The van der Waals surface area contributed by atoms with Crippen molar-refractivity contribution in [1.29, 1.82) is 0 Å². The molecule has 0 radical (unpaired) electrons. The van der Waals surface area contributed by atoms with E-state index < -0.39 is 5.41 Å². The zero-order valence-electron chi connectivity index (χ0n) is 11.1. The van der Waals surface area contributed by atoms with E-state index in [4.69, 9.17) is 11.6 Å². The Balaban J connectivity index is 2.24. The van der Waals surface area contributed by atoms with E-state index in [-0.39, 0.29) is 5.91 Å². The Hall–Kier alpha value is -1.81. The largest absolute Gasteiger partial charge is 0.308 e. The summed E-state index contributed by atoms with van der Waals surface area (Å²) >= 11 is 6.16. The fourth-order valence-corrected chi connectivity index (χ4v) is 2.22. The topological polar surface area (TPSA) is 57.8 Å². The molecule has 0 aliphatic carbocycles. The molecule has 0 fully saturated rings. The van der Waals surface area contributed by atoms with Gasteiger partial charge in [0, 0.05) is 16.8 Å². The number of aromatic amines is 1. The highest BCUT2D eigenvalue weighted by atomic mass is 35.5. The van der Waals surface area contributed by atoms with Crippen LogP contribution in [0.5, 0.6) is 0 Å². The Labute approximate surface area is 117 Å². The van der Waals surface area contributed by atoms with Crippen molar-refractivity contribution in [3.8, 4) is 0 Å². The van der Waals surface area contributed by atoms with Gasteiger partial charge in [0.2, 0.25) is 5.91 Å². The lowest BCUT2D eigenvalue weighted by Gasteiger charge is -2.24. The summed E-state index contributed by atoms with van der Waals surface area (Å²) in [5.74, 6) is 0.370. The quantitative estimate of drug-likeness (QED) is 0.904. The number of amides is 1. The second-order valence-electron chi connectivity index (χ2n) is 5.00. The molecule has 100 valence electrons. The minimum absolute atomic E-state index is 0.146. The molecule has 2 aromatic rings. The Morgan fingerprint density at radius 2 is 2.05 bits per heavy atom. The van der Waals surface area contributed by atoms with Crippen LogP contribution < -0.4 is 5.32 Å². The lowest BCUT2D eigenvalue weighted by molar-refractivity contribution is -0.120. The molecule has 2 rings (SSSR count). The smallest absolute Gasteiger partial charge is 0.235 e. The first-order valence-corrected chi connectivity index (χ1v) is 6.37. The highest BCUT2D eigenvalue weighted by molar-refractivity contribution is 6.31. The Kier molecular flexibility index (Phi) is 3.62. The number of nitrogens with one attached hydrogen (secondary N) is 2. The zero-order valence-corrected chi connectivity index (χ0v) is 11.9. The zero-order chi connectivity index (χ0) is 14.0. The molecule has 5 heteroatoms. The van der Waals surface area contributed by atoms with Gasteiger partial charge in [-0.25, -0.2) is 0 Å². The van der Waals surface area contributed by atoms with Crippen LogP contribution in [0.3, 0.4) is 0 Å². The molecular weight excluding hydrogens is 262 g/mol. The van der Waals surface area contributed by atoms with Crippen molar-refractivity contribution in [3.63, 3.8) is 0 Å². The maximum atomic E-state index is 12.4. The minimum Gasteiger partial charge on any atom is -0.308 e. The van der Waals surface area contributed by atoms with E-state index in [1.54, 1.807) is 12.1 Å². The standard InChI is InChI=1S/C14H16ClN3O/c1-9-8-12(18-17-9)16-13(19)14(2,3)10-6-4-5-7-11(10)15/h4-8H,1-3H3,(H2,16,17,18,19). The number of anilines is 1. The number of hydrogen-bond donors (Lipinski definition) is 2. The van der Waals surface area contributed by atoms with Crippen LogP contribution in [0, 0.1) is 6.92 Å². The number of H-pyrrole nitrogens is 1. The molecule has 0 aliphatic rings. The van der Waals surface area contributed by atoms with Crippen molar-refractivity contribution >= 4 is 23.3 Å². The number of benzene rings is 1. The molecule has 0 bridgehead atoms. The first kappa shape index (κ1) is 13.6. The molecule has 2 N–H and O–H groups in total. The molecule has 0 aliphatic heterocycles. The van der Waals surface area contributed by atoms with Crippen molar-refractivity contribution in [3.05, 3.63) is 46.6 Å². The number of carbonyl (C=O) groups excluding carboxylic acids is 1. The van der Waals surface area contributed by atoms with Crippen molar-refractivity contribution < 1.29 is 4.79 Å². The summed E-state index contributed by atoms with van der Waals surface area (Å²) in [6, 6.07) is 9.13. The Morgan fingerprint density at radius 1 is 1.37 bits per heavy atom. The minimum atomic E-state index is -0.731. The SMILES string of the molecule is Cc1cc(NC(=O)C(C)(C)c2ccccc2Cl)n[nH]1. The second-order valence-corrected chi connectivity index (χ2v) is 5.40. The number of aryl methyl sites for hydroxylation is 1. The molecule has 1 heterocycles. The van der Waals surface area contributed by atoms with Gasteiger partial charge in [-0.2, -0.15) is 5.10 Å². The first-order valence-electron chi connectivity index (χ1n) is 6.00. The van der Waals surface area contributed by atoms with E-state index in [9.17, 15) is 4.79 Å². The maximum absolute atomic E-state index is 12.4. The number of rotatable bonds is 3. The highest BCUT2D eigenvalue weighted by Crippen LogP contribution is 2.30. The maximum Gasteiger partial charge on any atom is 0.235 e. The summed E-state index contributed by atoms with van der Waals surface area (Å²) in [6.45, 7) is 5.55. The van der Waals surface area contributed by atoms with Gasteiger partial charge in [0.15, 0.2) is 5.82 Å². The van der Waals surface area contributed by atoms with Crippen LogP contribution in [0.25, 0.3) is 0 Å². The molecule has 4 nitrogen and oxygen atoms in total. The van der Waals surface area contributed by atoms with Gasteiger partial charge >= 0.3 is 0 Å². The van der Waals surface area contributed by atoms with E-state index in [0.29, 0.717) is 10.8 Å². The van der Waals surface area contributed by atoms with E-state index in [1.807, 2.05) is 39.0 Å². The molecule has 0 unspecified atom stereocenters. The third kappa shape index (κ3) is 2.79. The average molecular weight is 278 g/mol. The van der Waals surface area contributed by atoms with E-state index in [2.05, 4.69) is 15.5 Å². The fourth-order valence-electron chi connectivity index (χ4n) is 1.85. The molecule has 0 spiro atoms. The second kappa shape index (κ2) is 5.05.